The first kappa shape index (κ1) is 17.9. The lowest BCUT2D eigenvalue weighted by atomic mass is 9.99. The summed E-state index contributed by atoms with van der Waals surface area (Å²) in [4.78, 5) is 40.6. The zero-order chi connectivity index (χ0) is 18.1. The fraction of sp³-hybridized carbons (Fsp3) is 0.706. The van der Waals surface area contributed by atoms with E-state index in [1.807, 2.05) is 0 Å². The standard InChI is InChI=1S/C17H26N4O4/c1-18-14(10-15(23)19(2)17(18)25)16(24)20-8-5-12(6-9-20)21-7-3-4-13(22)11-21/h10,12-13,22H,3-9,11H2,1-2H3/t13-/m0/s1. The molecule has 0 radical (unpaired) electrons. The Morgan fingerprint density at radius 3 is 2.40 bits per heavy atom. The molecule has 8 heteroatoms. The summed E-state index contributed by atoms with van der Waals surface area (Å²) in [6.45, 7) is 2.90. The van der Waals surface area contributed by atoms with Crippen molar-refractivity contribution in [3.8, 4) is 0 Å². The molecule has 0 unspecified atom stereocenters. The Hall–Kier alpha value is -1.93. The second-order valence-electron chi connectivity index (χ2n) is 7.08. The second-order valence-corrected chi connectivity index (χ2v) is 7.08. The lowest BCUT2D eigenvalue weighted by Gasteiger charge is -2.41. The Kier molecular flexibility index (Phi) is 5.10. The Morgan fingerprint density at radius 1 is 1.08 bits per heavy atom. The summed E-state index contributed by atoms with van der Waals surface area (Å²) in [6.07, 6.45) is 3.32. The molecule has 2 aliphatic heterocycles. The highest BCUT2D eigenvalue weighted by molar-refractivity contribution is 5.92. The molecule has 3 heterocycles. The van der Waals surface area contributed by atoms with Gasteiger partial charge in [0.1, 0.15) is 5.69 Å². The predicted octanol–water partition coefficient (Wildman–Crippen LogP) is -0.855. The molecule has 1 aromatic rings. The van der Waals surface area contributed by atoms with Gasteiger partial charge in [-0.1, -0.05) is 0 Å². The van der Waals surface area contributed by atoms with Crippen LogP contribution in [-0.2, 0) is 14.1 Å². The van der Waals surface area contributed by atoms with Crippen LogP contribution in [0.5, 0.6) is 0 Å². The van der Waals surface area contributed by atoms with Crippen molar-refractivity contribution in [1.82, 2.24) is 18.9 Å². The zero-order valence-electron chi connectivity index (χ0n) is 14.8. The van der Waals surface area contributed by atoms with E-state index in [1.54, 1.807) is 4.90 Å². The summed E-state index contributed by atoms with van der Waals surface area (Å²) in [7, 11) is 2.91. The van der Waals surface area contributed by atoms with E-state index in [0.29, 0.717) is 25.7 Å². The van der Waals surface area contributed by atoms with Gasteiger partial charge in [-0.2, -0.15) is 0 Å². The van der Waals surface area contributed by atoms with Crippen LogP contribution in [0, 0.1) is 0 Å². The predicted molar refractivity (Wildman–Crippen MR) is 92.7 cm³/mol. The monoisotopic (exact) mass is 350 g/mol. The molecule has 2 aliphatic rings. The average Bonchev–Trinajstić information content (AvgIpc) is 2.62. The number of hydrogen-bond donors (Lipinski definition) is 1. The number of aliphatic hydroxyl groups is 1. The van der Waals surface area contributed by atoms with E-state index < -0.39 is 11.2 Å². The van der Waals surface area contributed by atoms with Gasteiger partial charge < -0.3 is 10.0 Å². The molecule has 25 heavy (non-hydrogen) atoms. The SMILES string of the molecule is Cn1c(C(=O)N2CCC(N3CCC[C@H](O)C3)CC2)cc(=O)n(C)c1=O. The summed E-state index contributed by atoms with van der Waals surface area (Å²) in [6, 6.07) is 1.61. The van der Waals surface area contributed by atoms with Gasteiger partial charge in [-0.05, 0) is 32.2 Å². The van der Waals surface area contributed by atoms with Gasteiger partial charge >= 0.3 is 5.69 Å². The van der Waals surface area contributed by atoms with Crippen LogP contribution < -0.4 is 11.2 Å². The number of carbonyl (C=O) groups is 1. The number of carbonyl (C=O) groups excluding carboxylic acids is 1. The maximum absolute atomic E-state index is 12.7. The first-order valence-corrected chi connectivity index (χ1v) is 8.87. The second kappa shape index (κ2) is 7.13. The molecule has 0 spiro atoms. The molecule has 1 amide bonds. The fourth-order valence-electron chi connectivity index (χ4n) is 3.85. The number of rotatable bonds is 2. The third-order valence-corrected chi connectivity index (χ3v) is 5.44. The van der Waals surface area contributed by atoms with E-state index in [1.165, 1.54) is 24.7 Å². The van der Waals surface area contributed by atoms with Crippen LogP contribution in [0.25, 0.3) is 0 Å². The van der Waals surface area contributed by atoms with Crippen molar-refractivity contribution in [2.24, 2.45) is 14.1 Å². The Balaban J connectivity index is 1.68. The van der Waals surface area contributed by atoms with Gasteiger partial charge in [0.15, 0.2) is 0 Å². The smallest absolute Gasteiger partial charge is 0.331 e. The van der Waals surface area contributed by atoms with Gasteiger partial charge in [-0.3, -0.25) is 23.6 Å². The minimum Gasteiger partial charge on any atom is -0.392 e. The van der Waals surface area contributed by atoms with Crippen molar-refractivity contribution in [2.75, 3.05) is 26.2 Å². The first-order chi connectivity index (χ1) is 11.9. The molecule has 0 aliphatic carbocycles. The number of aliphatic hydroxyl groups excluding tert-OH is 1. The number of aromatic nitrogens is 2. The molecule has 1 atom stereocenters. The van der Waals surface area contributed by atoms with Crippen molar-refractivity contribution in [2.45, 2.75) is 37.8 Å². The lowest BCUT2D eigenvalue weighted by Crippen LogP contribution is -2.51. The molecule has 0 saturated carbocycles. The Bertz CT molecular complexity index is 761. The Morgan fingerprint density at radius 2 is 1.76 bits per heavy atom. The van der Waals surface area contributed by atoms with E-state index in [2.05, 4.69) is 4.90 Å². The van der Waals surface area contributed by atoms with Crippen molar-refractivity contribution in [3.05, 3.63) is 32.6 Å². The first-order valence-electron chi connectivity index (χ1n) is 8.87. The van der Waals surface area contributed by atoms with Crippen LogP contribution in [0.2, 0.25) is 0 Å². The molecule has 138 valence electrons. The van der Waals surface area contributed by atoms with Gasteiger partial charge in [0.2, 0.25) is 0 Å². The minimum absolute atomic E-state index is 0.139. The summed E-state index contributed by atoms with van der Waals surface area (Å²) in [5.74, 6) is -0.269. The van der Waals surface area contributed by atoms with Crippen LogP contribution in [0.3, 0.4) is 0 Å². The normalized spacial score (nSPS) is 23.0. The van der Waals surface area contributed by atoms with Crippen molar-refractivity contribution in [1.29, 1.82) is 0 Å². The van der Waals surface area contributed by atoms with E-state index in [-0.39, 0.29) is 17.7 Å². The maximum atomic E-state index is 12.7. The molecular weight excluding hydrogens is 324 g/mol. The summed E-state index contributed by atoms with van der Waals surface area (Å²) in [5.41, 5.74) is -0.823. The van der Waals surface area contributed by atoms with Crippen LogP contribution in [0.4, 0.5) is 0 Å². The molecule has 2 fully saturated rings. The number of likely N-dealkylation sites (tertiary alicyclic amines) is 2. The van der Waals surface area contributed by atoms with Gasteiger partial charge in [-0.25, -0.2) is 4.79 Å². The molecule has 8 nitrogen and oxygen atoms in total. The average molecular weight is 350 g/mol. The quantitative estimate of drug-likeness (QED) is 0.750. The van der Waals surface area contributed by atoms with E-state index in [4.69, 9.17) is 0 Å². The molecular formula is C17H26N4O4. The summed E-state index contributed by atoms with van der Waals surface area (Å²) >= 11 is 0. The lowest BCUT2D eigenvalue weighted by molar-refractivity contribution is 0.0238. The van der Waals surface area contributed by atoms with Gasteiger partial charge in [0.25, 0.3) is 11.5 Å². The topological polar surface area (TPSA) is 87.8 Å². The number of amides is 1. The highest BCUT2D eigenvalue weighted by atomic mass is 16.3. The van der Waals surface area contributed by atoms with Gasteiger partial charge in [0.05, 0.1) is 6.10 Å². The summed E-state index contributed by atoms with van der Waals surface area (Å²) in [5, 5.41) is 9.83. The molecule has 3 rings (SSSR count). The number of hydrogen-bond acceptors (Lipinski definition) is 5. The van der Waals surface area contributed by atoms with Crippen LogP contribution in [0.1, 0.15) is 36.2 Å². The zero-order valence-corrected chi connectivity index (χ0v) is 14.8. The maximum Gasteiger partial charge on any atom is 0.331 e. The van der Waals surface area contributed by atoms with Crippen LogP contribution in [0.15, 0.2) is 15.7 Å². The Labute approximate surface area is 146 Å². The third-order valence-electron chi connectivity index (χ3n) is 5.44. The van der Waals surface area contributed by atoms with E-state index >= 15 is 0 Å². The number of piperidine rings is 2. The molecule has 1 N–H and O–H groups in total. The van der Waals surface area contributed by atoms with Crippen molar-refractivity contribution in [3.63, 3.8) is 0 Å². The number of β-amino-alcohol motifs (C(OH)–C–C–N with tert-alkyl or cyclic N) is 1. The summed E-state index contributed by atoms with van der Waals surface area (Å²) < 4.78 is 2.22. The van der Waals surface area contributed by atoms with E-state index in [9.17, 15) is 19.5 Å². The van der Waals surface area contributed by atoms with Crippen molar-refractivity contribution < 1.29 is 9.90 Å². The number of nitrogens with zero attached hydrogens (tertiary/aromatic N) is 4. The van der Waals surface area contributed by atoms with Gasteiger partial charge in [-0.15, -0.1) is 0 Å². The highest BCUT2D eigenvalue weighted by Crippen LogP contribution is 2.21. The van der Waals surface area contributed by atoms with Crippen LogP contribution >= 0.6 is 0 Å². The van der Waals surface area contributed by atoms with E-state index in [0.717, 1.165) is 36.8 Å². The van der Waals surface area contributed by atoms with Crippen molar-refractivity contribution >= 4 is 5.91 Å². The third kappa shape index (κ3) is 3.55. The van der Waals surface area contributed by atoms with Gasteiger partial charge in [0, 0.05) is 45.8 Å². The highest BCUT2D eigenvalue weighted by Gasteiger charge is 2.30. The largest absolute Gasteiger partial charge is 0.392 e. The molecule has 2 saturated heterocycles. The fourth-order valence-corrected chi connectivity index (χ4v) is 3.85. The molecule has 1 aromatic heterocycles. The molecule has 0 bridgehead atoms. The minimum atomic E-state index is -0.493. The molecule has 0 aromatic carbocycles. The van der Waals surface area contributed by atoms with Crippen LogP contribution in [-0.4, -0.2) is 68.3 Å².